The Morgan fingerprint density at radius 1 is 1.04 bits per heavy atom. The van der Waals surface area contributed by atoms with Crippen LogP contribution in [-0.2, 0) is 12.0 Å². The summed E-state index contributed by atoms with van der Waals surface area (Å²) in [6.45, 7) is 11.6. The van der Waals surface area contributed by atoms with E-state index in [1.165, 1.54) is 43.5 Å². The highest BCUT2D eigenvalue weighted by atomic mass is 16.2. The summed E-state index contributed by atoms with van der Waals surface area (Å²) in [7, 11) is 0. The molecule has 2 fully saturated rings. The maximum Gasteiger partial charge on any atom is 0.317 e. The maximum atomic E-state index is 12.8. The van der Waals surface area contributed by atoms with E-state index in [-0.39, 0.29) is 11.4 Å². The SMILES string of the molecule is CC(C)(C)c1ccc(CNC(=O)N2CCCCC2CN2CCCC2)cc1. The van der Waals surface area contributed by atoms with Crippen molar-refractivity contribution < 1.29 is 4.79 Å². The van der Waals surface area contributed by atoms with Gasteiger partial charge in [-0.2, -0.15) is 0 Å². The molecule has 2 heterocycles. The van der Waals surface area contributed by atoms with Crippen molar-refractivity contribution in [2.75, 3.05) is 26.2 Å². The Bertz CT molecular complexity index is 584. The predicted octanol–water partition coefficient (Wildman–Crippen LogP) is 4.14. The third-order valence-corrected chi connectivity index (χ3v) is 5.82. The van der Waals surface area contributed by atoms with Gasteiger partial charge >= 0.3 is 6.03 Å². The van der Waals surface area contributed by atoms with Crippen molar-refractivity contribution in [3.63, 3.8) is 0 Å². The maximum absolute atomic E-state index is 12.8. The van der Waals surface area contributed by atoms with Crippen LogP contribution in [0, 0.1) is 0 Å². The van der Waals surface area contributed by atoms with Crippen LogP contribution in [0.25, 0.3) is 0 Å². The minimum absolute atomic E-state index is 0.105. The normalized spacial score (nSPS) is 21.8. The van der Waals surface area contributed by atoms with Crippen LogP contribution in [0.3, 0.4) is 0 Å². The summed E-state index contributed by atoms with van der Waals surface area (Å²) in [6.07, 6.45) is 6.14. The van der Waals surface area contributed by atoms with E-state index in [9.17, 15) is 4.79 Å². The molecule has 2 aliphatic heterocycles. The molecule has 0 saturated carbocycles. The number of carbonyl (C=O) groups is 1. The third-order valence-electron chi connectivity index (χ3n) is 5.82. The zero-order chi connectivity index (χ0) is 18.6. The lowest BCUT2D eigenvalue weighted by atomic mass is 9.87. The van der Waals surface area contributed by atoms with Crippen LogP contribution in [0.1, 0.15) is 64.0 Å². The fourth-order valence-corrected chi connectivity index (χ4v) is 4.12. The molecule has 144 valence electrons. The highest BCUT2D eigenvalue weighted by Crippen LogP contribution is 2.23. The van der Waals surface area contributed by atoms with Crippen molar-refractivity contribution in [1.29, 1.82) is 0 Å². The molecule has 2 saturated heterocycles. The first kappa shape index (κ1) is 19.2. The van der Waals surface area contributed by atoms with Crippen LogP contribution >= 0.6 is 0 Å². The molecule has 2 aliphatic rings. The number of likely N-dealkylation sites (tertiary alicyclic amines) is 2. The molecule has 1 aromatic rings. The zero-order valence-corrected chi connectivity index (χ0v) is 16.8. The Morgan fingerprint density at radius 3 is 2.35 bits per heavy atom. The van der Waals surface area contributed by atoms with Gasteiger partial charge in [-0.3, -0.25) is 0 Å². The van der Waals surface area contributed by atoms with Gasteiger partial charge in [0.1, 0.15) is 0 Å². The molecular weight excluding hydrogens is 322 g/mol. The molecule has 26 heavy (non-hydrogen) atoms. The third kappa shape index (κ3) is 5.00. The molecule has 0 bridgehead atoms. The minimum atomic E-state index is 0.105. The molecule has 0 aromatic heterocycles. The quantitative estimate of drug-likeness (QED) is 0.879. The van der Waals surface area contributed by atoms with Crippen molar-refractivity contribution in [1.82, 2.24) is 15.1 Å². The fraction of sp³-hybridized carbons (Fsp3) is 0.682. The van der Waals surface area contributed by atoms with E-state index >= 15 is 0 Å². The number of hydrogen-bond acceptors (Lipinski definition) is 2. The standard InChI is InChI=1S/C22H35N3O/c1-22(2,3)19-11-9-18(10-12-19)16-23-21(26)25-15-5-4-8-20(25)17-24-13-6-7-14-24/h9-12,20H,4-8,13-17H2,1-3H3,(H,23,26). The number of carbonyl (C=O) groups excluding carboxylic acids is 1. The monoisotopic (exact) mass is 357 g/mol. The second kappa shape index (κ2) is 8.43. The summed E-state index contributed by atoms with van der Waals surface area (Å²) in [6, 6.07) is 9.12. The molecule has 4 heteroatoms. The van der Waals surface area contributed by atoms with E-state index in [1.54, 1.807) is 0 Å². The van der Waals surface area contributed by atoms with E-state index < -0.39 is 0 Å². The van der Waals surface area contributed by atoms with Crippen molar-refractivity contribution in [2.45, 2.75) is 70.9 Å². The highest BCUT2D eigenvalue weighted by Gasteiger charge is 2.28. The Labute approximate surface area is 158 Å². The van der Waals surface area contributed by atoms with Crippen LogP contribution in [-0.4, -0.2) is 48.1 Å². The number of benzene rings is 1. The topological polar surface area (TPSA) is 35.6 Å². The summed E-state index contributed by atoms with van der Waals surface area (Å²) in [5, 5.41) is 3.15. The molecule has 2 amide bonds. The van der Waals surface area contributed by atoms with Crippen LogP contribution < -0.4 is 5.32 Å². The number of urea groups is 1. The van der Waals surface area contributed by atoms with Crippen molar-refractivity contribution >= 4 is 6.03 Å². The first-order chi connectivity index (χ1) is 12.4. The fourth-order valence-electron chi connectivity index (χ4n) is 4.12. The average Bonchev–Trinajstić information content (AvgIpc) is 3.13. The van der Waals surface area contributed by atoms with Gasteiger partial charge < -0.3 is 15.1 Å². The highest BCUT2D eigenvalue weighted by molar-refractivity contribution is 5.74. The van der Waals surface area contributed by atoms with Crippen molar-refractivity contribution in [2.24, 2.45) is 0 Å². The average molecular weight is 358 g/mol. The van der Waals surface area contributed by atoms with Crippen LogP contribution in [0.15, 0.2) is 24.3 Å². The molecule has 3 rings (SSSR count). The molecule has 1 unspecified atom stereocenters. The first-order valence-corrected chi connectivity index (χ1v) is 10.3. The lowest BCUT2D eigenvalue weighted by Gasteiger charge is -2.37. The molecular formula is C22H35N3O. The Morgan fingerprint density at radius 2 is 1.69 bits per heavy atom. The Kier molecular flexibility index (Phi) is 6.23. The number of nitrogens with one attached hydrogen (secondary N) is 1. The Balaban J connectivity index is 1.53. The lowest BCUT2D eigenvalue weighted by molar-refractivity contribution is 0.127. The summed E-state index contributed by atoms with van der Waals surface area (Å²) >= 11 is 0. The molecule has 1 N–H and O–H groups in total. The van der Waals surface area contributed by atoms with Gasteiger partial charge in [0.05, 0.1) is 0 Å². The predicted molar refractivity (Wildman–Crippen MR) is 107 cm³/mol. The van der Waals surface area contributed by atoms with Crippen molar-refractivity contribution in [3.05, 3.63) is 35.4 Å². The number of nitrogens with zero attached hydrogens (tertiary/aromatic N) is 2. The van der Waals surface area contributed by atoms with Crippen LogP contribution in [0.2, 0.25) is 0 Å². The number of piperidine rings is 1. The van der Waals surface area contributed by atoms with E-state index in [0.29, 0.717) is 12.6 Å². The second-order valence-corrected chi connectivity index (χ2v) is 8.96. The van der Waals surface area contributed by atoms with Gasteiger partial charge in [0.15, 0.2) is 0 Å². The van der Waals surface area contributed by atoms with Gasteiger partial charge in [-0.1, -0.05) is 45.0 Å². The lowest BCUT2D eigenvalue weighted by Crippen LogP contribution is -2.52. The molecule has 0 radical (unpaired) electrons. The molecule has 1 atom stereocenters. The smallest absolute Gasteiger partial charge is 0.317 e. The largest absolute Gasteiger partial charge is 0.334 e. The summed E-state index contributed by atoms with van der Waals surface area (Å²) < 4.78 is 0. The summed E-state index contributed by atoms with van der Waals surface area (Å²) in [5.41, 5.74) is 2.66. The number of amides is 2. The number of rotatable bonds is 4. The van der Waals surface area contributed by atoms with Crippen molar-refractivity contribution in [3.8, 4) is 0 Å². The van der Waals surface area contributed by atoms with Crippen LogP contribution in [0.4, 0.5) is 4.79 Å². The van der Waals surface area contributed by atoms with E-state index in [2.05, 4.69) is 60.2 Å². The molecule has 1 aromatic carbocycles. The van der Waals surface area contributed by atoms with Gasteiger partial charge in [-0.05, 0) is 61.7 Å². The van der Waals surface area contributed by atoms with E-state index in [1.807, 2.05) is 0 Å². The zero-order valence-electron chi connectivity index (χ0n) is 16.8. The summed E-state index contributed by atoms with van der Waals surface area (Å²) in [4.78, 5) is 17.4. The molecule has 0 spiro atoms. The van der Waals surface area contributed by atoms with E-state index in [0.717, 1.165) is 25.9 Å². The van der Waals surface area contributed by atoms with Gasteiger partial charge in [-0.25, -0.2) is 4.79 Å². The van der Waals surface area contributed by atoms with Crippen LogP contribution in [0.5, 0.6) is 0 Å². The van der Waals surface area contributed by atoms with Gasteiger partial charge in [0.2, 0.25) is 0 Å². The Hall–Kier alpha value is -1.55. The van der Waals surface area contributed by atoms with Gasteiger partial charge in [0, 0.05) is 25.7 Å². The summed E-state index contributed by atoms with van der Waals surface area (Å²) in [5.74, 6) is 0. The second-order valence-electron chi connectivity index (χ2n) is 8.96. The molecule has 4 nitrogen and oxygen atoms in total. The van der Waals surface area contributed by atoms with E-state index in [4.69, 9.17) is 0 Å². The number of hydrogen-bond donors (Lipinski definition) is 1. The first-order valence-electron chi connectivity index (χ1n) is 10.3. The van der Waals surface area contributed by atoms with Gasteiger partial charge in [0.25, 0.3) is 0 Å². The van der Waals surface area contributed by atoms with Gasteiger partial charge in [-0.15, -0.1) is 0 Å². The minimum Gasteiger partial charge on any atom is -0.334 e. The molecule has 0 aliphatic carbocycles.